The molecule has 3 heteroatoms. The van der Waals surface area contributed by atoms with E-state index in [1.807, 2.05) is 0 Å². The van der Waals surface area contributed by atoms with Gasteiger partial charge in [0.25, 0.3) is 0 Å². The first-order valence-corrected chi connectivity index (χ1v) is 5.39. The van der Waals surface area contributed by atoms with Crippen LogP contribution in [0.4, 0.5) is 0 Å². The molecule has 0 unspecified atom stereocenters. The van der Waals surface area contributed by atoms with Gasteiger partial charge < -0.3 is 10.5 Å². The lowest BCUT2D eigenvalue weighted by atomic mass is 10.1. The number of hydrogen-bond acceptors (Lipinski definition) is 3. The van der Waals surface area contributed by atoms with Crippen molar-refractivity contribution in [1.29, 1.82) is 0 Å². The average molecular weight is 216 g/mol. The van der Waals surface area contributed by atoms with Crippen LogP contribution in [0.15, 0.2) is 24.3 Å². The predicted octanol–water partition coefficient (Wildman–Crippen LogP) is 2.05. The minimum atomic E-state index is 0.607. The number of nitrogens with zero attached hydrogens (tertiary/aromatic N) is 1. The Kier molecular flexibility index (Phi) is 3.06. The molecule has 0 atom stereocenters. The molecule has 0 saturated carbocycles. The van der Waals surface area contributed by atoms with Crippen molar-refractivity contribution >= 4 is 10.9 Å². The van der Waals surface area contributed by atoms with E-state index in [-0.39, 0.29) is 0 Å². The molecule has 0 aliphatic rings. The second kappa shape index (κ2) is 4.49. The van der Waals surface area contributed by atoms with Crippen LogP contribution >= 0.6 is 0 Å². The minimum absolute atomic E-state index is 0.607. The zero-order chi connectivity index (χ0) is 11.5. The van der Waals surface area contributed by atoms with E-state index in [4.69, 9.17) is 10.5 Å². The summed E-state index contributed by atoms with van der Waals surface area (Å²) in [6, 6.07) is 8.33. The van der Waals surface area contributed by atoms with E-state index in [1.54, 1.807) is 7.11 Å². The van der Waals surface area contributed by atoms with Crippen molar-refractivity contribution in [2.24, 2.45) is 5.73 Å². The number of aromatic nitrogens is 1. The molecule has 2 N–H and O–H groups in total. The third kappa shape index (κ3) is 1.99. The van der Waals surface area contributed by atoms with E-state index >= 15 is 0 Å². The molecular formula is C13H16N2O. The quantitative estimate of drug-likeness (QED) is 0.854. The number of benzene rings is 1. The second-order valence-electron chi connectivity index (χ2n) is 3.89. The fourth-order valence-electron chi connectivity index (χ4n) is 1.81. The summed E-state index contributed by atoms with van der Waals surface area (Å²) in [5, 5.41) is 1.13. The van der Waals surface area contributed by atoms with Crippen molar-refractivity contribution in [3.8, 4) is 5.88 Å². The van der Waals surface area contributed by atoms with Gasteiger partial charge in [-0.3, -0.25) is 0 Å². The summed E-state index contributed by atoms with van der Waals surface area (Å²) in [7, 11) is 1.64. The molecule has 2 aromatic rings. The van der Waals surface area contributed by atoms with E-state index < -0.39 is 0 Å². The summed E-state index contributed by atoms with van der Waals surface area (Å²) < 4.78 is 5.28. The maximum absolute atomic E-state index is 5.57. The smallest absolute Gasteiger partial charge is 0.216 e. The van der Waals surface area contributed by atoms with Gasteiger partial charge in [-0.05, 0) is 37.6 Å². The van der Waals surface area contributed by atoms with Crippen LogP contribution in [0.3, 0.4) is 0 Å². The number of methoxy groups -OCH3 is 1. The molecule has 0 saturated heterocycles. The largest absolute Gasteiger partial charge is 0.481 e. The molecule has 1 aromatic heterocycles. The van der Waals surface area contributed by atoms with E-state index in [2.05, 4.69) is 36.2 Å². The Hall–Kier alpha value is -1.61. The molecule has 0 amide bonds. The first-order chi connectivity index (χ1) is 7.74. The summed E-state index contributed by atoms with van der Waals surface area (Å²) in [5.41, 5.74) is 8.81. The summed E-state index contributed by atoms with van der Waals surface area (Å²) in [4.78, 5) is 4.50. The van der Waals surface area contributed by atoms with Gasteiger partial charge in [-0.1, -0.05) is 12.1 Å². The molecule has 0 bridgehead atoms. The van der Waals surface area contributed by atoms with E-state index in [0.717, 1.165) is 22.9 Å². The molecule has 1 heterocycles. The Morgan fingerprint density at radius 2 is 2.12 bits per heavy atom. The van der Waals surface area contributed by atoms with Gasteiger partial charge in [0.2, 0.25) is 5.88 Å². The van der Waals surface area contributed by atoms with E-state index in [9.17, 15) is 0 Å². The standard InChI is InChI=1S/C13H16N2O/c1-9-3-4-10-8-11(5-6-14)13(16-2)15-12(10)7-9/h3-4,7-8H,5-6,14H2,1-2H3. The maximum atomic E-state index is 5.57. The molecule has 84 valence electrons. The fraction of sp³-hybridized carbons (Fsp3) is 0.308. The Labute approximate surface area is 95.2 Å². The number of nitrogens with two attached hydrogens (primary N) is 1. The normalized spacial score (nSPS) is 10.7. The van der Waals surface area contributed by atoms with Crippen LogP contribution in [0.2, 0.25) is 0 Å². The van der Waals surface area contributed by atoms with Gasteiger partial charge in [-0.25, -0.2) is 4.98 Å². The zero-order valence-corrected chi connectivity index (χ0v) is 9.66. The van der Waals surface area contributed by atoms with Crippen molar-refractivity contribution in [3.63, 3.8) is 0 Å². The van der Waals surface area contributed by atoms with Gasteiger partial charge >= 0.3 is 0 Å². The van der Waals surface area contributed by atoms with Crippen LogP contribution in [0.25, 0.3) is 10.9 Å². The summed E-state index contributed by atoms with van der Waals surface area (Å²) in [5.74, 6) is 0.684. The van der Waals surface area contributed by atoms with Gasteiger partial charge in [0.05, 0.1) is 12.6 Å². The van der Waals surface area contributed by atoms with Crippen LogP contribution < -0.4 is 10.5 Å². The Morgan fingerprint density at radius 1 is 1.31 bits per heavy atom. The topological polar surface area (TPSA) is 48.1 Å². The van der Waals surface area contributed by atoms with Crippen LogP contribution in [0.1, 0.15) is 11.1 Å². The Balaban J connectivity index is 2.60. The molecule has 0 spiro atoms. The maximum Gasteiger partial charge on any atom is 0.216 e. The molecule has 16 heavy (non-hydrogen) atoms. The number of ether oxygens (including phenoxy) is 1. The van der Waals surface area contributed by atoms with Gasteiger partial charge in [-0.15, -0.1) is 0 Å². The van der Waals surface area contributed by atoms with Crippen molar-refractivity contribution in [1.82, 2.24) is 4.98 Å². The fourth-order valence-corrected chi connectivity index (χ4v) is 1.81. The SMILES string of the molecule is COc1nc2cc(C)ccc2cc1CCN. The highest BCUT2D eigenvalue weighted by molar-refractivity contribution is 5.80. The number of hydrogen-bond donors (Lipinski definition) is 1. The second-order valence-corrected chi connectivity index (χ2v) is 3.89. The highest BCUT2D eigenvalue weighted by atomic mass is 16.5. The number of fused-ring (bicyclic) bond motifs is 1. The molecule has 3 nitrogen and oxygen atoms in total. The molecule has 0 fully saturated rings. The van der Waals surface area contributed by atoms with Gasteiger partial charge in [0, 0.05) is 10.9 Å². The van der Waals surface area contributed by atoms with Crippen molar-refractivity contribution in [2.75, 3.05) is 13.7 Å². The lowest BCUT2D eigenvalue weighted by molar-refractivity contribution is 0.394. The number of pyridine rings is 1. The molecular weight excluding hydrogens is 200 g/mol. The molecule has 2 rings (SSSR count). The monoisotopic (exact) mass is 216 g/mol. The average Bonchev–Trinajstić information content (AvgIpc) is 2.29. The molecule has 1 aromatic carbocycles. The van der Waals surface area contributed by atoms with Crippen LogP contribution in [0, 0.1) is 6.92 Å². The zero-order valence-electron chi connectivity index (χ0n) is 9.66. The molecule has 0 aliphatic heterocycles. The third-order valence-electron chi connectivity index (χ3n) is 2.62. The van der Waals surface area contributed by atoms with Crippen LogP contribution in [0.5, 0.6) is 5.88 Å². The first-order valence-electron chi connectivity index (χ1n) is 5.39. The third-order valence-corrected chi connectivity index (χ3v) is 2.62. The minimum Gasteiger partial charge on any atom is -0.481 e. The summed E-state index contributed by atoms with van der Waals surface area (Å²) in [6.45, 7) is 2.66. The van der Waals surface area contributed by atoms with Gasteiger partial charge in [0.15, 0.2) is 0 Å². The lowest BCUT2D eigenvalue weighted by Gasteiger charge is -2.08. The number of aryl methyl sites for hydroxylation is 1. The Bertz CT molecular complexity index is 509. The van der Waals surface area contributed by atoms with Crippen LogP contribution in [-0.4, -0.2) is 18.6 Å². The van der Waals surface area contributed by atoms with Crippen molar-refractivity contribution in [2.45, 2.75) is 13.3 Å². The Morgan fingerprint density at radius 3 is 2.81 bits per heavy atom. The van der Waals surface area contributed by atoms with Crippen molar-refractivity contribution < 1.29 is 4.74 Å². The van der Waals surface area contributed by atoms with E-state index in [0.29, 0.717) is 12.4 Å². The molecule has 0 radical (unpaired) electrons. The van der Waals surface area contributed by atoms with Gasteiger partial charge in [0.1, 0.15) is 0 Å². The predicted molar refractivity (Wildman–Crippen MR) is 65.8 cm³/mol. The lowest BCUT2D eigenvalue weighted by Crippen LogP contribution is -2.05. The molecule has 0 aliphatic carbocycles. The number of rotatable bonds is 3. The van der Waals surface area contributed by atoms with Gasteiger partial charge in [-0.2, -0.15) is 0 Å². The van der Waals surface area contributed by atoms with Crippen molar-refractivity contribution in [3.05, 3.63) is 35.4 Å². The highest BCUT2D eigenvalue weighted by Crippen LogP contribution is 2.23. The summed E-state index contributed by atoms with van der Waals surface area (Å²) in [6.07, 6.45) is 0.792. The summed E-state index contributed by atoms with van der Waals surface area (Å²) >= 11 is 0. The van der Waals surface area contributed by atoms with Crippen LogP contribution in [-0.2, 0) is 6.42 Å². The highest BCUT2D eigenvalue weighted by Gasteiger charge is 2.06. The van der Waals surface area contributed by atoms with E-state index in [1.165, 1.54) is 5.56 Å². The first kappa shape index (κ1) is 10.9.